The Bertz CT molecular complexity index is 821. The van der Waals surface area contributed by atoms with Crippen LogP contribution in [0.2, 0.25) is 0 Å². The number of hydrogen-bond donors (Lipinski definition) is 0. The first-order chi connectivity index (χ1) is 13.6. The van der Waals surface area contributed by atoms with Crippen molar-refractivity contribution in [2.45, 2.75) is 68.9 Å². The molecule has 3 heterocycles. The molecular formula is C23H28N4O. The molecule has 28 heavy (non-hydrogen) atoms. The lowest BCUT2D eigenvalue weighted by molar-refractivity contribution is -0.148. The molecule has 6 fully saturated rings. The van der Waals surface area contributed by atoms with Crippen LogP contribution in [0.4, 0.5) is 5.82 Å². The summed E-state index contributed by atoms with van der Waals surface area (Å²) in [5.41, 5.74) is 0.330. The van der Waals surface area contributed by atoms with Crippen LogP contribution in [0.3, 0.4) is 0 Å². The number of aromatic nitrogens is 1. The van der Waals surface area contributed by atoms with Gasteiger partial charge in [0.2, 0.25) is 5.91 Å². The maximum Gasteiger partial charge on any atom is 0.249 e. The molecular weight excluding hydrogens is 348 g/mol. The van der Waals surface area contributed by atoms with Crippen LogP contribution in [0, 0.1) is 29.1 Å². The third-order valence-corrected chi connectivity index (χ3v) is 8.61. The number of rotatable bonds is 2. The number of amides is 1. The van der Waals surface area contributed by atoms with Gasteiger partial charge in [0.05, 0.1) is 5.56 Å². The van der Waals surface area contributed by atoms with E-state index >= 15 is 0 Å². The van der Waals surface area contributed by atoms with E-state index < -0.39 is 5.54 Å². The molecule has 2 saturated heterocycles. The van der Waals surface area contributed by atoms with Crippen molar-refractivity contribution in [3.05, 3.63) is 23.9 Å². The van der Waals surface area contributed by atoms with Crippen LogP contribution in [0.25, 0.3) is 0 Å². The van der Waals surface area contributed by atoms with Crippen molar-refractivity contribution in [2.75, 3.05) is 18.0 Å². The van der Waals surface area contributed by atoms with Crippen LogP contribution >= 0.6 is 0 Å². The number of likely N-dealkylation sites (tertiary alicyclic amines) is 1. The minimum absolute atomic E-state index is 0.154. The highest BCUT2D eigenvalue weighted by molar-refractivity contribution is 5.93. The van der Waals surface area contributed by atoms with E-state index in [0.29, 0.717) is 11.5 Å². The molecule has 1 spiro atoms. The maximum absolute atomic E-state index is 14.0. The summed E-state index contributed by atoms with van der Waals surface area (Å²) in [5, 5.41) is 9.06. The first-order valence-corrected chi connectivity index (χ1v) is 11.1. The quantitative estimate of drug-likeness (QED) is 0.793. The van der Waals surface area contributed by atoms with Gasteiger partial charge in [-0.05, 0) is 87.7 Å². The second-order valence-electron chi connectivity index (χ2n) is 10.2. The van der Waals surface area contributed by atoms with Crippen LogP contribution in [-0.2, 0) is 4.79 Å². The number of hydrogen-bond acceptors (Lipinski definition) is 4. The highest BCUT2D eigenvalue weighted by atomic mass is 16.2. The molecule has 4 saturated carbocycles. The summed E-state index contributed by atoms with van der Waals surface area (Å²) in [6.07, 6.45) is 12.5. The number of carbonyl (C=O) groups is 1. The molecule has 0 aromatic carbocycles. The molecule has 4 bridgehead atoms. The van der Waals surface area contributed by atoms with Crippen molar-refractivity contribution in [2.24, 2.45) is 17.8 Å². The van der Waals surface area contributed by atoms with Crippen molar-refractivity contribution in [3.8, 4) is 6.07 Å². The molecule has 5 heteroatoms. The molecule has 7 rings (SSSR count). The monoisotopic (exact) mass is 376 g/mol. The lowest BCUT2D eigenvalue weighted by Crippen LogP contribution is -2.62. The molecule has 6 aliphatic rings. The molecule has 4 aliphatic carbocycles. The summed E-state index contributed by atoms with van der Waals surface area (Å²) in [4.78, 5) is 23.1. The second-order valence-corrected chi connectivity index (χ2v) is 10.2. The van der Waals surface area contributed by atoms with E-state index in [-0.39, 0.29) is 5.54 Å². The van der Waals surface area contributed by atoms with E-state index in [4.69, 9.17) is 5.26 Å². The van der Waals surface area contributed by atoms with Gasteiger partial charge in [-0.25, -0.2) is 4.98 Å². The number of nitriles is 1. The van der Waals surface area contributed by atoms with Gasteiger partial charge in [-0.3, -0.25) is 4.79 Å². The molecule has 5 nitrogen and oxygen atoms in total. The van der Waals surface area contributed by atoms with Crippen molar-refractivity contribution < 1.29 is 4.79 Å². The summed E-state index contributed by atoms with van der Waals surface area (Å²) in [5.74, 6) is 3.80. The zero-order chi connectivity index (χ0) is 18.9. The third-order valence-electron chi connectivity index (χ3n) is 8.61. The molecule has 1 unspecified atom stereocenters. The zero-order valence-corrected chi connectivity index (χ0v) is 16.4. The third kappa shape index (κ3) is 2.18. The molecule has 1 aromatic heterocycles. The maximum atomic E-state index is 14.0. The van der Waals surface area contributed by atoms with E-state index in [2.05, 4.69) is 20.9 Å². The molecule has 1 amide bonds. The van der Waals surface area contributed by atoms with Gasteiger partial charge in [-0.2, -0.15) is 5.26 Å². The first-order valence-electron chi connectivity index (χ1n) is 11.1. The number of nitrogens with zero attached hydrogens (tertiary/aromatic N) is 4. The molecule has 146 valence electrons. The Morgan fingerprint density at radius 1 is 1.00 bits per heavy atom. The predicted octanol–water partition coefficient (Wildman–Crippen LogP) is 3.49. The largest absolute Gasteiger partial charge is 0.342 e. The second kappa shape index (κ2) is 5.72. The average Bonchev–Trinajstić information content (AvgIpc) is 3.26. The van der Waals surface area contributed by atoms with E-state index in [9.17, 15) is 4.79 Å². The fourth-order valence-electron chi connectivity index (χ4n) is 7.91. The smallest absolute Gasteiger partial charge is 0.249 e. The zero-order valence-electron chi connectivity index (χ0n) is 16.4. The SMILES string of the molecule is N#Cc1ccc(N2CCCC23CCN(C24CC5CC(CC(C5)C2)C4)C3=O)nc1. The van der Waals surface area contributed by atoms with Crippen molar-refractivity contribution in [3.63, 3.8) is 0 Å². The van der Waals surface area contributed by atoms with Crippen LogP contribution in [-0.4, -0.2) is 40.0 Å². The van der Waals surface area contributed by atoms with Gasteiger partial charge in [0.1, 0.15) is 17.4 Å². The Morgan fingerprint density at radius 2 is 1.71 bits per heavy atom. The van der Waals surface area contributed by atoms with Gasteiger partial charge in [-0.15, -0.1) is 0 Å². The summed E-state index contributed by atoms with van der Waals surface area (Å²) in [7, 11) is 0. The Labute approximate surface area is 166 Å². The van der Waals surface area contributed by atoms with Crippen molar-refractivity contribution in [1.82, 2.24) is 9.88 Å². The lowest BCUT2D eigenvalue weighted by Gasteiger charge is -2.60. The predicted molar refractivity (Wildman–Crippen MR) is 105 cm³/mol. The van der Waals surface area contributed by atoms with Gasteiger partial charge in [-0.1, -0.05) is 0 Å². The van der Waals surface area contributed by atoms with Gasteiger partial charge >= 0.3 is 0 Å². The van der Waals surface area contributed by atoms with Crippen molar-refractivity contribution >= 4 is 11.7 Å². The van der Waals surface area contributed by atoms with Crippen LogP contribution < -0.4 is 4.90 Å². The van der Waals surface area contributed by atoms with Crippen LogP contribution in [0.5, 0.6) is 0 Å². The Balaban J connectivity index is 1.32. The number of anilines is 1. The lowest BCUT2D eigenvalue weighted by atomic mass is 9.52. The van der Waals surface area contributed by atoms with Crippen molar-refractivity contribution in [1.29, 1.82) is 5.26 Å². The summed E-state index contributed by atoms with van der Waals surface area (Å²) in [6, 6.07) is 5.89. The van der Waals surface area contributed by atoms with Crippen LogP contribution in [0.1, 0.15) is 63.4 Å². The highest BCUT2D eigenvalue weighted by Crippen LogP contribution is 2.59. The topological polar surface area (TPSA) is 60.2 Å². The fourth-order valence-corrected chi connectivity index (χ4v) is 7.91. The molecule has 0 N–H and O–H groups in total. The van der Waals surface area contributed by atoms with E-state index in [1.165, 1.54) is 38.5 Å². The molecule has 0 radical (unpaired) electrons. The Morgan fingerprint density at radius 3 is 2.32 bits per heavy atom. The normalized spacial score (nSPS) is 41.2. The molecule has 2 aliphatic heterocycles. The fraction of sp³-hybridized carbons (Fsp3) is 0.696. The first kappa shape index (κ1) is 16.8. The minimum atomic E-state index is -0.398. The highest BCUT2D eigenvalue weighted by Gasteiger charge is 2.61. The summed E-state index contributed by atoms with van der Waals surface area (Å²) in [6.45, 7) is 1.80. The van der Waals surface area contributed by atoms with E-state index in [0.717, 1.165) is 55.9 Å². The van der Waals surface area contributed by atoms with E-state index in [1.54, 1.807) is 6.20 Å². The Kier molecular flexibility index (Phi) is 3.44. The number of pyridine rings is 1. The minimum Gasteiger partial charge on any atom is -0.342 e. The van der Waals surface area contributed by atoms with Crippen LogP contribution in [0.15, 0.2) is 18.3 Å². The Hall–Kier alpha value is -2.09. The van der Waals surface area contributed by atoms with Gasteiger partial charge in [0, 0.05) is 24.8 Å². The molecule has 1 atom stereocenters. The number of carbonyl (C=O) groups excluding carboxylic acids is 1. The molecule has 1 aromatic rings. The summed E-state index contributed by atoms with van der Waals surface area (Å²) < 4.78 is 0. The van der Waals surface area contributed by atoms with Gasteiger partial charge in [0.15, 0.2) is 0 Å². The summed E-state index contributed by atoms with van der Waals surface area (Å²) >= 11 is 0. The van der Waals surface area contributed by atoms with E-state index in [1.807, 2.05) is 12.1 Å². The van der Waals surface area contributed by atoms with Gasteiger partial charge in [0.25, 0.3) is 0 Å². The standard InChI is InChI=1S/C23H28N4O/c24-14-16-2-3-20(25-15-16)26-6-1-4-23(26)5-7-27(21(23)28)22-11-17-8-18(12-22)10-19(9-17)13-22/h2-3,15,17-19H,1,4-13H2. The average molecular weight is 377 g/mol. The van der Waals surface area contributed by atoms with Gasteiger partial charge < -0.3 is 9.80 Å².